The van der Waals surface area contributed by atoms with Crippen LogP contribution in [0, 0.1) is 9.41 Å². The molecule has 2 rings (SSSR count). The number of H-pyrrole nitrogens is 1. The number of halogens is 2. The highest BCUT2D eigenvalue weighted by atomic mass is 32.1. The summed E-state index contributed by atoms with van der Waals surface area (Å²) in [5.74, 6) is 0. The highest BCUT2D eigenvalue weighted by molar-refractivity contribution is 7.72. The Kier molecular flexibility index (Phi) is 8.28. The van der Waals surface area contributed by atoms with Gasteiger partial charge in [-0.1, -0.05) is 12.2 Å². The van der Waals surface area contributed by atoms with E-state index in [2.05, 4.69) is 18.1 Å². The zero-order valence-corrected chi connectivity index (χ0v) is 19.1. The van der Waals surface area contributed by atoms with Gasteiger partial charge in [0, 0.05) is 6.20 Å². The second-order valence-corrected chi connectivity index (χ2v) is 11.2. The Morgan fingerprint density at radius 2 is 1.81 bits per heavy atom. The summed E-state index contributed by atoms with van der Waals surface area (Å²) in [5, 5.41) is 10.1. The first-order valence-electron chi connectivity index (χ1n) is 7.68. The van der Waals surface area contributed by atoms with Crippen molar-refractivity contribution in [3.8, 4) is 0 Å². The fourth-order valence-electron chi connectivity index (χ4n) is 2.46. The normalized spacial score (nSPS) is 30.6. The van der Waals surface area contributed by atoms with Crippen LogP contribution in [-0.4, -0.2) is 65.4 Å². The van der Waals surface area contributed by atoms with E-state index in [9.17, 15) is 28.1 Å². The van der Waals surface area contributed by atoms with Crippen LogP contribution in [0.5, 0.6) is 0 Å². The number of nitrogens with zero attached hydrogens (tertiary/aromatic N) is 1. The molecule has 0 radical (unpaired) electrons. The lowest BCUT2D eigenvalue weighted by Gasteiger charge is -2.26. The molecule has 1 saturated heterocycles. The zero-order chi connectivity index (χ0) is 23.8. The molecule has 1 aliphatic heterocycles. The number of hydrogen-bond acceptors (Lipinski definition) is 10. The first-order valence-corrected chi connectivity index (χ1v) is 13.0. The molecule has 3 unspecified atom stereocenters. The maximum Gasteiger partial charge on any atom is 0.490 e. The van der Waals surface area contributed by atoms with Crippen LogP contribution in [0.4, 0.5) is 8.78 Å². The Hall–Kier alpha value is -0.290. The largest absolute Gasteiger partial charge is 0.490 e. The zero-order valence-electron chi connectivity index (χ0n) is 14.8. The lowest BCUT2D eigenvalue weighted by molar-refractivity contribution is -0.0720. The molecule has 0 spiro atoms. The second kappa shape index (κ2) is 9.52. The number of phosphoric ester groups is 1. The molecule has 1 fully saturated rings. The van der Waals surface area contributed by atoms with Gasteiger partial charge >= 0.3 is 23.5 Å². The SMILES string of the molecule is O=P(O)(O)OP(=O)(O)OP(=O)(O)OC[C@H]1O[C@@H](n2ccc(=S)[nH]c2=S)C(F)(CF)[C@H]1O. The van der Waals surface area contributed by atoms with Gasteiger partial charge in [0.2, 0.25) is 5.67 Å². The Labute approximate surface area is 181 Å². The summed E-state index contributed by atoms with van der Waals surface area (Å²) in [6, 6.07) is 1.26. The molecule has 0 amide bonds. The third-order valence-electron chi connectivity index (χ3n) is 3.68. The van der Waals surface area contributed by atoms with Crippen LogP contribution in [0.3, 0.4) is 0 Å². The van der Waals surface area contributed by atoms with Gasteiger partial charge in [-0.05, 0) is 18.3 Å². The average Bonchev–Trinajstić information content (AvgIpc) is 2.82. The standard InChI is InChI=1S/C10H15F2N2O12P3S2/c11-4-10(12)7(15)5(24-8(10)14-2-1-6(30)13-9(14)31)3-23-28(19,20)26-29(21,22)25-27(16,17)18/h1-2,5,7-8,15H,3-4H2,(H,19,20)(H,21,22)(H,13,30,31)(H2,16,17,18)/t5-,7+,8-,10?/m1/s1. The molecule has 0 saturated carbocycles. The van der Waals surface area contributed by atoms with E-state index in [1.807, 2.05) is 0 Å². The number of aliphatic hydroxyl groups is 1. The maximum absolute atomic E-state index is 15.1. The number of alkyl halides is 2. The van der Waals surface area contributed by atoms with Crippen LogP contribution >= 0.6 is 47.9 Å². The number of aliphatic hydroxyl groups excluding tert-OH is 1. The summed E-state index contributed by atoms with van der Waals surface area (Å²) >= 11 is 9.78. The molecule has 2 heterocycles. The van der Waals surface area contributed by atoms with Crippen molar-refractivity contribution in [1.82, 2.24) is 9.55 Å². The van der Waals surface area contributed by atoms with E-state index < -0.39 is 60.9 Å². The maximum atomic E-state index is 15.1. The van der Waals surface area contributed by atoms with Gasteiger partial charge in [-0.3, -0.25) is 9.09 Å². The summed E-state index contributed by atoms with van der Waals surface area (Å²) in [7, 11) is -17.0. The molecule has 178 valence electrons. The van der Waals surface area contributed by atoms with E-state index in [4.69, 9.17) is 43.9 Å². The van der Waals surface area contributed by atoms with Gasteiger partial charge < -0.3 is 34.4 Å². The molecule has 31 heavy (non-hydrogen) atoms. The van der Waals surface area contributed by atoms with E-state index >= 15 is 4.39 Å². The molecular weight excluding hydrogens is 535 g/mol. The minimum absolute atomic E-state index is 0.161. The number of phosphoric acid groups is 3. The highest BCUT2D eigenvalue weighted by Gasteiger charge is 2.59. The van der Waals surface area contributed by atoms with Gasteiger partial charge in [0.25, 0.3) is 0 Å². The predicted octanol–water partition coefficient (Wildman–Crippen LogP) is 1.55. The third kappa shape index (κ3) is 6.85. The van der Waals surface area contributed by atoms with Gasteiger partial charge in [-0.2, -0.15) is 8.62 Å². The lowest BCUT2D eigenvalue weighted by Crippen LogP contribution is -2.45. The van der Waals surface area contributed by atoms with Crippen molar-refractivity contribution < 1.29 is 65.0 Å². The van der Waals surface area contributed by atoms with Crippen molar-refractivity contribution in [2.75, 3.05) is 13.3 Å². The molecule has 0 bridgehead atoms. The molecular formula is C10H15F2N2O12P3S2. The monoisotopic (exact) mass is 550 g/mol. The summed E-state index contributed by atoms with van der Waals surface area (Å²) in [5.41, 5.74) is -3.10. The van der Waals surface area contributed by atoms with Crippen molar-refractivity contribution in [3.63, 3.8) is 0 Å². The average molecular weight is 550 g/mol. The fourth-order valence-corrected chi connectivity index (χ4v) is 5.98. The number of ether oxygens (including phenoxy) is 1. The summed E-state index contributed by atoms with van der Waals surface area (Å²) in [4.78, 5) is 37.9. The molecule has 6 N–H and O–H groups in total. The van der Waals surface area contributed by atoms with Crippen molar-refractivity contribution in [2.24, 2.45) is 0 Å². The lowest BCUT2D eigenvalue weighted by atomic mass is 9.97. The molecule has 14 nitrogen and oxygen atoms in total. The number of aromatic nitrogens is 2. The van der Waals surface area contributed by atoms with Gasteiger partial charge in [0.05, 0.1) is 6.61 Å². The smallest absolute Gasteiger partial charge is 0.387 e. The van der Waals surface area contributed by atoms with Gasteiger partial charge in [0.15, 0.2) is 11.0 Å². The molecule has 1 aromatic heterocycles. The Balaban J connectivity index is 2.18. The summed E-state index contributed by atoms with van der Waals surface area (Å²) < 4.78 is 79.6. The van der Waals surface area contributed by atoms with E-state index in [0.717, 1.165) is 10.8 Å². The van der Waals surface area contributed by atoms with Crippen molar-refractivity contribution in [3.05, 3.63) is 21.7 Å². The van der Waals surface area contributed by atoms with Gasteiger partial charge in [-0.25, -0.2) is 22.5 Å². The van der Waals surface area contributed by atoms with Crippen LogP contribution in [-0.2, 0) is 31.6 Å². The summed E-state index contributed by atoms with van der Waals surface area (Å²) in [6.07, 6.45) is -4.82. The van der Waals surface area contributed by atoms with Crippen molar-refractivity contribution >= 4 is 47.9 Å². The van der Waals surface area contributed by atoms with E-state index in [1.54, 1.807) is 0 Å². The number of nitrogens with one attached hydrogen (secondary N) is 1. The van der Waals surface area contributed by atoms with E-state index in [-0.39, 0.29) is 9.41 Å². The second-order valence-electron chi connectivity index (χ2n) is 5.94. The van der Waals surface area contributed by atoms with Gasteiger partial charge in [-0.15, -0.1) is 0 Å². The predicted molar refractivity (Wildman–Crippen MR) is 100.0 cm³/mol. The quantitative estimate of drug-likeness (QED) is 0.190. The number of rotatable bonds is 9. The van der Waals surface area contributed by atoms with Crippen LogP contribution < -0.4 is 0 Å². The van der Waals surface area contributed by atoms with E-state index in [0.29, 0.717) is 0 Å². The minimum atomic E-state index is -5.79. The molecule has 0 aromatic carbocycles. The Morgan fingerprint density at radius 1 is 1.19 bits per heavy atom. The first-order chi connectivity index (χ1) is 14.0. The third-order valence-corrected chi connectivity index (χ3v) is 8.04. The van der Waals surface area contributed by atoms with Crippen molar-refractivity contribution in [2.45, 2.75) is 24.1 Å². The van der Waals surface area contributed by atoms with Crippen LogP contribution in [0.1, 0.15) is 6.23 Å². The Bertz CT molecular complexity index is 1080. The number of aromatic amines is 1. The minimum Gasteiger partial charge on any atom is -0.387 e. The summed E-state index contributed by atoms with van der Waals surface area (Å²) in [6.45, 7) is -2.97. The number of hydrogen-bond donors (Lipinski definition) is 6. The molecule has 6 atom stereocenters. The molecule has 21 heteroatoms. The molecule has 0 aliphatic carbocycles. The Morgan fingerprint density at radius 3 is 2.32 bits per heavy atom. The first kappa shape index (κ1) is 27.0. The topological polar surface area (TPSA) is 210 Å². The van der Waals surface area contributed by atoms with Crippen LogP contribution in [0.15, 0.2) is 12.3 Å². The van der Waals surface area contributed by atoms with Crippen LogP contribution in [0.25, 0.3) is 0 Å². The van der Waals surface area contributed by atoms with Crippen molar-refractivity contribution in [1.29, 1.82) is 0 Å². The van der Waals surface area contributed by atoms with E-state index in [1.165, 1.54) is 6.07 Å². The van der Waals surface area contributed by atoms with Crippen LogP contribution in [0.2, 0.25) is 0 Å². The fraction of sp³-hybridized carbons (Fsp3) is 0.600. The molecule has 1 aromatic rings. The molecule has 1 aliphatic rings. The highest BCUT2D eigenvalue weighted by Crippen LogP contribution is 2.66. The van der Waals surface area contributed by atoms with Gasteiger partial charge in [0.1, 0.15) is 23.5 Å².